The third kappa shape index (κ3) is 5.83. The van der Waals surface area contributed by atoms with Gasteiger partial charge in [0.1, 0.15) is 6.10 Å². The van der Waals surface area contributed by atoms with Gasteiger partial charge < -0.3 is 9.84 Å². The van der Waals surface area contributed by atoms with Crippen molar-refractivity contribution in [1.82, 2.24) is 14.9 Å². The maximum atomic E-state index is 10.6. The monoisotopic (exact) mass is 447 g/mol. The Labute approximate surface area is 174 Å². The third-order valence-electron chi connectivity index (χ3n) is 4.58. The van der Waals surface area contributed by atoms with E-state index in [4.69, 9.17) is 14.6 Å². The van der Waals surface area contributed by atoms with Gasteiger partial charge in [-0.2, -0.15) is 13.2 Å². The summed E-state index contributed by atoms with van der Waals surface area (Å²) in [5.74, 6) is -0.932. The molecule has 2 fully saturated rings. The summed E-state index contributed by atoms with van der Waals surface area (Å²) in [5.41, 5.74) is 3.13. The van der Waals surface area contributed by atoms with Crippen LogP contribution in [0.3, 0.4) is 0 Å². The number of thioether (sulfide) groups is 1. The molecule has 11 heteroatoms. The van der Waals surface area contributed by atoms with Crippen LogP contribution in [0.5, 0.6) is 5.88 Å². The number of halogens is 3. The van der Waals surface area contributed by atoms with Gasteiger partial charge in [-0.25, -0.2) is 14.8 Å². The largest absolute Gasteiger partial charge is 0.490 e. The second kappa shape index (κ2) is 8.88. The predicted octanol–water partition coefficient (Wildman–Crippen LogP) is 3.62. The van der Waals surface area contributed by atoms with Crippen LogP contribution < -0.4 is 4.74 Å². The first kappa shape index (κ1) is 21.8. The van der Waals surface area contributed by atoms with Crippen molar-refractivity contribution in [3.8, 4) is 5.88 Å². The van der Waals surface area contributed by atoms with E-state index in [0.29, 0.717) is 10.9 Å². The molecule has 1 atom stereocenters. The molecule has 2 aromatic heterocycles. The number of hydrogen-bond acceptors (Lipinski definition) is 7. The van der Waals surface area contributed by atoms with Gasteiger partial charge in [0.2, 0.25) is 5.88 Å². The summed E-state index contributed by atoms with van der Waals surface area (Å²) in [6.45, 7) is 5.47. The molecule has 0 saturated carbocycles. The molecule has 4 heterocycles. The number of carbonyl (C=O) groups is 1. The van der Waals surface area contributed by atoms with Gasteiger partial charge in [-0.05, 0) is 13.0 Å². The number of nitrogens with zero attached hydrogens (tertiary/aromatic N) is 3. The van der Waals surface area contributed by atoms with Gasteiger partial charge in [-0.1, -0.05) is 6.07 Å². The molecule has 2 saturated heterocycles. The zero-order valence-electron chi connectivity index (χ0n) is 15.6. The molecular weight excluding hydrogens is 427 g/mol. The lowest BCUT2D eigenvalue weighted by molar-refractivity contribution is -0.192. The van der Waals surface area contributed by atoms with Gasteiger partial charge in [-0.3, -0.25) is 4.90 Å². The molecule has 0 amide bonds. The van der Waals surface area contributed by atoms with Crippen molar-refractivity contribution in [1.29, 1.82) is 0 Å². The van der Waals surface area contributed by atoms with Crippen LogP contribution in [0.1, 0.15) is 17.0 Å². The first-order valence-corrected chi connectivity index (χ1v) is 10.7. The number of aromatic nitrogens is 2. The molecule has 0 bridgehead atoms. The highest BCUT2D eigenvalue weighted by molar-refractivity contribution is 8.01. The first-order chi connectivity index (χ1) is 13.7. The van der Waals surface area contributed by atoms with Crippen LogP contribution in [0.15, 0.2) is 29.9 Å². The molecule has 2 aromatic rings. The lowest BCUT2D eigenvalue weighted by atomic mass is 9.93. The average Bonchev–Trinajstić information content (AvgIpc) is 3.22. The van der Waals surface area contributed by atoms with Crippen molar-refractivity contribution in [2.24, 2.45) is 0 Å². The lowest BCUT2D eigenvalue weighted by Gasteiger charge is -2.47. The second-order valence-electron chi connectivity index (χ2n) is 6.91. The summed E-state index contributed by atoms with van der Waals surface area (Å²) in [6.07, 6.45) is -1.87. The van der Waals surface area contributed by atoms with Gasteiger partial charge in [-0.15, -0.1) is 23.1 Å². The maximum absolute atomic E-state index is 10.6. The molecular formula is C18H20F3N3O3S2. The Morgan fingerprint density at radius 2 is 2.10 bits per heavy atom. The van der Waals surface area contributed by atoms with Crippen molar-refractivity contribution in [2.45, 2.75) is 36.9 Å². The SMILES string of the molecule is Cc1ncsc1CN1CC2(CC(Oc3ccccn3)CS2)C1.O=C(O)C(F)(F)F. The van der Waals surface area contributed by atoms with E-state index in [9.17, 15) is 13.2 Å². The highest BCUT2D eigenvalue weighted by atomic mass is 32.2. The van der Waals surface area contributed by atoms with Crippen molar-refractivity contribution in [3.63, 3.8) is 0 Å². The summed E-state index contributed by atoms with van der Waals surface area (Å²) < 4.78 is 38.1. The molecule has 29 heavy (non-hydrogen) atoms. The number of aliphatic carboxylic acids is 1. The normalized spacial score (nSPS) is 20.6. The highest BCUT2D eigenvalue weighted by Crippen LogP contribution is 2.46. The maximum Gasteiger partial charge on any atom is 0.490 e. The average molecular weight is 448 g/mol. The Kier molecular flexibility index (Phi) is 6.69. The number of rotatable bonds is 4. The van der Waals surface area contributed by atoms with E-state index in [-0.39, 0.29) is 0 Å². The molecule has 0 aromatic carbocycles. The van der Waals surface area contributed by atoms with E-state index in [0.717, 1.165) is 37.7 Å². The van der Waals surface area contributed by atoms with E-state index in [1.54, 1.807) is 17.5 Å². The van der Waals surface area contributed by atoms with Gasteiger partial charge in [0.15, 0.2) is 0 Å². The molecule has 6 nitrogen and oxygen atoms in total. The highest BCUT2D eigenvalue weighted by Gasteiger charge is 2.49. The van der Waals surface area contributed by atoms with E-state index >= 15 is 0 Å². The quantitative estimate of drug-likeness (QED) is 0.767. The van der Waals surface area contributed by atoms with Crippen LogP contribution in [-0.4, -0.2) is 61.8 Å². The lowest BCUT2D eigenvalue weighted by Crippen LogP contribution is -2.58. The van der Waals surface area contributed by atoms with Crippen molar-refractivity contribution >= 4 is 29.1 Å². The summed E-state index contributed by atoms with van der Waals surface area (Å²) in [4.78, 5) is 21.4. The summed E-state index contributed by atoms with van der Waals surface area (Å²) in [7, 11) is 0. The van der Waals surface area contributed by atoms with Crippen LogP contribution in [0, 0.1) is 6.92 Å². The number of alkyl halides is 3. The Balaban J connectivity index is 0.000000298. The smallest absolute Gasteiger partial charge is 0.475 e. The number of carboxylic acids is 1. The molecule has 0 aliphatic carbocycles. The van der Waals surface area contributed by atoms with Crippen molar-refractivity contribution in [2.75, 3.05) is 18.8 Å². The summed E-state index contributed by atoms with van der Waals surface area (Å²) in [6, 6.07) is 5.83. The minimum Gasteiger partial charge on any atom is -0.475 e. The molecule has 0 radical (unpaired) electrons. The fraction of sp³-hybridized carbons (Fsp3) is 0.500. The van der Waals surface area contributed by atoms with Crippen LogP contribution >= 0.6 is 23.1 Å². The number of carboxylic acid groups (broad SMARTS) is 1. The number of thiazole rings is 1. The van der Waals surface area contributed by atoms with Crippen LogP contribution in [0.4, 0.5) is 13.2 Å². The fourth-order valence-corrected chi connectivity index (χ4v) is 5.64. The van der Waals surface area contributed by atoms with Gasteiger partial charge in [0.25, 0.3) is 0 Å². The minimum atomic E-state index is -5.08. The van der Waals surface area contributed by atoms with Crippen molar-refractivity contribution < 1.29 is 27.8 Å². The standard InChI is InChI=1S/C16H19N3OS2.C2HF3O2/c1-12-14(21-11-18-12)7-19-9-16(10-19)6-13(8-22-16)20-15-4-2-3-5-17-15;3-2(4,5)1(6)7/h2-5,11,13H,6-10H2,1H3;(H,6,7). The molecule has 1 N–H and O–H groups in total. The number of likely N-dealkylation sites (tertiary alicyclic amines) is 1. The van der Waals surface area contributed by atoms with E-state index in [2.05, 4.69) is 33.6 Å². The Morgan fingerprint density at radius 3 is 2.66 bits per heavy atom. The molecule has 158 valence electrons. The number of ether oxygens (including phenoxy) is 1. The number of hydrogen-bond donors (Lipinski definition) is 1. The molecule has 2 aliphatic heterocycles. The second-order valence-corrected chi connectivity index (χ2v) is 9.34. The zero-order chi connectivity index (χ0) is 21.1. The van der Waals surface area contributed by atoms with Gasteiger partial charge in [0.05, 0.1) is 11.2 Å². The topological polar surface area (TPSA) is 75.5 Å². The molecule has 2 aliphatic rings. The molecule has 1 spiro atoms. The zero-order valence-corrected chi connectivity index (χ0v) is 17.2. The minimum absolute atomic E-state index is 0.298. The summed E-state index contributed by atoms with van der Waals surface area (Å²) in [5, 5.41) is 7.12. The van der Waals surface area contributed by atoms with E-state index in [1.807, 2.05) is 23.7 Å². The summed E-state index contributed by atoms with van der Waals surface area (Å²) >= 11 is 3.84. The fourth-order valence-electron chi connectivity index (χ4n) is 3.25. The van der Waals surface area contributed by atoms with Gasteiger partial charge in [0, 0.05) is 53.7 Å². The number of aryl methyl sites for hydroxylation is 1. The Hall–Kier alpha value is -1.85. The third-order valence-corrected chi connectivity index (χ3v) is 7.07. The molecule has 1 unspecified atom stereocenters. The van der Waals surface area contributed by atoms with Crippen LogP contribution in [-0.2, 0) is 11.3 Å². The molecule has 4 rings (SSSR count). The predicted molar refractivity (Wildman–Crippen MR) is 104 cm³/mol. The Bertz CT molecular complexity index is 827. The van der Waals surface area contributed by atoms with Crippen LogP contribution in [0.2, 0.25) is 0 Å². The number of pyridine rings is 1. The first-order valence-electron chi connectivity index (χ1n) is 8.80. The van der Waals surface area contributed by atoms with Crippen molar-refractivity contribution in [3.05, 3.63) is 40.5 Å². The van der Waals surface area contributed by atoms with Gasteiger partial charge >= 0.3 is 12.1 Å². The van der Waals surface area contributed by atoms with Crippen LogP contribution in [0.25, 0.3) is 0 Å². The Morgan fingerprint density at radius 1 is 1.38 bits per heavy atom. The van der Waals surface area contributed by atoms with E-state index in [1.165, 1.54) is 10.6 Å². The van der Waals surface area contributed by atoms with E-state index < -0.39 is 12.1 Å².